The Hall–Kier alpha value is -3.65. The van der Waals surface area contributed by atoms with E-state index in [9.17, 15) is 8.78 Å². The summed E-state index contributed by atoms with van der Waals surface area (Å²) in [5.74, 6) is -2.60. The van der Waals surface area contributed by atoms with Crippen LogP contribution in [0.2, 0.25) is 0 Å². The molecule has 6 rings (SSSR count). The zero-order valence-electron chi connectivity index (χ0n) is 17.1. The number of benzene rings is 1. The van der Waals surface area contributed by atoms with Crippen LogP contribution in [-0.2, 0) is 6.54 Å². The summed E-state index contributed by atoms with van der Waals surface area (Å²) in [6, 6.07) is 16.0. The SMILES string of the molecule is FC1(F)CCN(Cc2cncc(-c3ccc4[nH]nc(-c5cc6ccccc6[nH]5)c4n3)c2)C1. The monoisotopic (exact) mass is 430 g/mol. The van der Waals surface area contributed by atoms with Crippen molar-refractivity contribution in [2.24, 2.45) is 0 Å². The summed E-state index contributed by atoms with van der Waals surface area (Å²) in [6.07, 6.45) is 3.39. The Morgan fingerprint density at radius 3 is 2.78 bits per heavy atom. The van der Waals surface area contributed by atoms with E-state index in [-0.39, 0.29) is 13.0 Å². The smallest absolute Gasteiger partial charge is 0.261 e. The summed E-state index contributed by atoms with van der Waals surface area (Å²) < 4.78 is 27.1. The molecule has 0 amide bonds. The zero-order valence-corrected chi connectivity index (χ0v) is 17.1. The zero-order chi connectivity index (χ0) is 21.7. The first-order valence-corrected chi connectivity index (χ1v) is 10.5. The number of fused-ring (bicyclic) bond motifs is 2. The van der Waals surface area contributed by atoms with Crippen molar-refractivity contribution in [2.45, 2.75) is 18.9 Å². The van der Waals surface area contributed by atoms with Gasteiger partial charge in [-0.2, -0.15) is 5.10 Å². The van der Waals surface area contributed by atoms with E-state index in [1.165, 1.54) is 0 Å². The number of nitrogens with zero attached hydrogens (tertiary/aromatic N) is 4. The van der Waals surface area contributed by atoms with Crippen molar-refractivity contribution >= 4 is 21.9 Å². The molecule has 1 aromatic carbocycles. The van der Waals surface area contributed by atoms with Gasteiger partial charge in [-0.15, -0.1) is 0 Å². The number of hydrogen-bond acceptors (Lipinski definition) is 4. The minimum atomic E-state index is -2.60. The largest absolute Gasteiger partial charge is 0.353 e. The van der Waals surface area contributed by atoms with Crippen molar-refractivity contribution in [1.82, 2.24) is 30.0 Å². The fourth-order valence-electron chi connectivity index (χ4n) is 4.36. The van der Waals surface area contributed by atoms with Gasteiger partial charge in [0.1, 0.15) is 11.2 Å². The van der Waals surface area contributed by atoms with E-state index in [0.717, 1.165) is 50.1 Å². The van der Waals surface area contributed by atoms with E-state index < -0.39 is 5.92 Å². The van der Waals surface area contributed by atoms with Crippen LogP contribution in [-0.4, -0.2) is 49.1 Å². The number of pyridine rings is 2. The molecule has 0 aliphatic carbocycles. The van der Waals surface area contributed by atoms with Gasteiger partial charge in [-0.05, 0) is 35.9 Å². The van der Waals surface area contributed by atoms with Gasteiger partial charge in [0.2, 0.25) is 0 Å². The molecule has 1 fully saturated rings. The Kier molecular flexibility index (Phi) is 4.29. The van der Waals surface area contributed by atoms with Crippen LogP contribution in [0.25, 0.3) is 44.6 Å². The van der Waals surface area contributed by atoms with Gasteiger partial charge in [0.25, 0.3) is 5.92 Å². The van der Waals surface area contributed by atoms with E-state index in [4.69, 9.17) is 4.98 Å². The molecule has 0 spiro atoms. The van der Waals surface area contributed by atoms with Crippen molar-refractivity contribution in [2.75, 3.05) is 13.1 Å². The third-order valence-electron chi connectivity index (χ3n) is 5.94. The van der Waals surface area contributed by atoms with Crippen molar-refractivity contribution in [3.63, 3.8) is 0 Å². The fourth-order valence-corrected chi connectivity index (χ4v) is 4.36. The van der Waals surface area contributed by atoms with Crippen molar-refractivity contribution in [3.8, 4) is 22.6 Å². The van der Waals surface area contributed by atoms with Gasteiger partial charge in [-0.3, -0.25) is 15.0 Å². The molecule has 1 aliphatic heterocycles. The van der Waals surface area contributed by atoms with Gasteiger partial charge < -0.3 is 4.98 Å². The highest BCUT2D eigenvalue weighted by atomic mass is 19.3. The van der Waals surface area contributed by atoms with Crippen LogP contribution < -0.4 is 0 Å². The maximum Gasteiger partial charge on any atom is 0.261 e. The van der Waals surface area contributed by atoms with Crippen LogP contribution in [0.15, 0.2) is 60.9 Å². The minimum absolute atomic E-state index is 0.0879. The van der Waals surface area contributed by atoms with E-state index in [1.807, 2.05) is 36.4 Å². The molecule has 2 N–H and O–H groups in total. The number of likely N-dealkylation sites (tertiary alicyclic amines) is 1. The second-order valence-electron chi connectivity index (χ2n) is 8.33. The number of rotatable bonds is 4. The average Bonchev–Trinajstić information content (AvgIpc) is 3.49. The Bertz CT molecular complexity index is 1400. The third-order valence-corrected chi connectivity index (χ3v) is 5.94. The van der Waals surface area contributed by atoms with E-state index in [0.29, 0.717) is 13.1 Å². The van der Waals surface area contributed by atoms with Gasteiger partial charge >= 0.3 is 0 Å². The predicted molar refractivity (Wildman–Crippen MR) is 119 cm³/mol. The summed E-state index contributed by atoms with van der Waals surface area (Å²) in [5, 5.41) is 8.64. The standard InChI is InChI=1S/C24H20F2N6/c25-24(26)7-8-32(14-24)13-15-9-17(12-27-11-15)19-5-6-20-22(29-19)23(31-30-20)21-10-16-3-1-2-4-18(16)28-21/h1-6,9-12,28H,7-8,13-14H2,(H,30,31). The third kappa shape index (κ3) is 3.42. The molecule has 4 aromatic heterocycles. The fraction of sp³-hybridized carbons (Fsp3) is 0.208. The molecule has 8 heteroatoms. The number of para-hydroxylation sites is 1. The van der Waals surface area contributed by atoms with Gasteiger partial charge in [-0.25, -0.2) is 13.8 Å². The molecule has 0 radical (unpaired) electrons. The Morgan fingerprint density at radius 1 is 1.03 bits per heavy atom. The van der Waals surface area contributed by atoms with Crippen LogP contribution in [0.4, 0.5) is 8.78 Å². The van der Waals surface area contributed by atoms with Crippen molar-refractivity contribution in [1.29, 1.82) is 0 Å². The number of alkyl halides is 2. The van der Waals surface area contributed by atoms with Gasteiger partial charge in [0, 0.05) is 48.4 Å². The van der Waals surface area contributed by atoms with Crippen molar-refractivity contribution in [3.05, 3.63) is 66.5 Å². The Labute approximate surface area is 182 Å². The number of aromatic amines is 2. The van der Waals surface area contributed by atoms with E-state index in [1.54, 1.807) is 17.3 Å². The first-order chi connectivity index (χ1) is 15.5. The van der Waals surface area contributed by atoms with Crippen molar-refractivity contribution < 1.29 is 8.78 Å². The molecule has 32 heavy (non-hydrogen) atoms. The number of nitrogens with one attached hydrogen (secondary N) is 2. The molecule has 160 valence electrons. The molecule has 0 bridgehead atoms. The maximum absolute atomic E-state index is 13.5. The summed E-state index contributed by atoms with van der Waals surface area (Å²) in [4.78, 5) is 14.4. The first kappa shape index (κ1) is 19.1. The van der Waals surface area contributed by atoms with Crippen LogP contribution in [0, 0.1) is 0 Å². The molecule has 5 heterocycles. The van der Waals surface area contributed by atoms with Crippen LogP contribution in [0.3, 0.4) is 0 Å². The highest BCUT2D eigenvalue weighted by Crippen LogP contribution is 2.31. The summed E-state index contributed by atoms with van der Waals surface area (Å²) in [5.41, 5.74) is 6.79. The number of aromatic nitrogens is 5. The molecular weight excluding hydrogens is 410 g/mol. The lowest BCUT2D eigenvalue weighted by atomic mass is 10.1. The van der Waals surface area contributed by atoms with E-state index >= 15 is 0 Å². The second kappa shape index (κ2) is 7.20. The molecule has 0 saturated carbocycles. The van der Waals surface area contributed by atoms with Gasteiger partial charge in [-0.1, -0.05) is 18.2 Å². The molecule has 1 aliphatic rings. The maximum atomic E-state index is 13.5. The molecule has 5 aromatic rings. The number of hydrogen-bond donors (Lipinski definition) is 2. The summed E-state index contributed by atoms with van der Waals surface area (Å²) >= 11 is 0. The minimum Gasteiger partial charge on any atom is -0.353 e. The normalized spacial score (nSPS) is 16.3. The lowest BCUT2D eigenvalue weighted by molar-refractivity contribution is 0.0115. The first-order valence-electron chi connectivity index (χ1n) is 10.5. The van der Waals surface area contributed by atoms with Crippen LogP contribution in [0.5, 0.6) is 0 Å². The van der Waals surface area contributed by atoms with Crippen LogP contribution in [0.1, 0.15) is 12.0 Å². The van der Waals surface area contributed by atoms with Crippen LogP contribution >= 0.6 is 0 Å². The molecule has 6 nitrogen and oxygen atoms in total. The summed E-state index contributed by atoms with van der Waals surface area (Å²) in [6.45, 7) is 0.638. The molecule has 0 atom stereocenters. The number of H-pyrrole nitrogens is 2. The Morgan fingerprint density at radius 2 is 1.94 bits per heavy atom. The highest BCUT2D eigenvalue weighted by molar-refractivity contribution is 5.94. The predicted octanol–water partition coefficient (Wildman–Crippen LogP) is 5.01. The van der Waals surface area contributed by atoms with Gasteiger partial charge in [0.05, 0.1) is 23.4 Å². The quantitative estimate of drug-likeness (QED) is 0.420. The molecule has 1 saturated heterocycles. The van der Waals surface area contributed by atoms with Gasteiger partial charge in [0.15, 0.2) is 0 Å². The highest BCUT2D eigenvalue weighted by Gasteiger charge is 2.37. The van der Waals surface area contributed by atoms with E-state index in [2.05, 4.69) is 32.3 Å². The second-order valence-corrected chi connectivity index (χ2v) is 8.33. The average molecular weight is 430 g/mol. The Balaban J connectivity index is 1.34. The lowest BCUT2D eigenvalue weighted by Gasteiger charge is -2.15. The summed E-state index contributed by atoms with van der Waals surface area (Å²) in [7, 11) is 0. The number of halogens is 2. The lowest BCUT2D eigenvalue weighted by Crippen LogP contribution is -2.24. The molecule has 0 unspecified atom stereocenters. The molecular formula is C24H20F2N6. The topological polar surface area (TPSA) is 73.5 Å².